The number of hydrogen-bond acceptors (Lipinski definition) is 5. The Balaban J connectivity index is 1.58. The van der Waals surface area contributed by atoms with Crippen molar-refractivity contribution in [3.8, 4) is 0 Å². The fraction of sp³-hybridized carbons (Fsp3) is 0.500. The van der Waals surface area contributed by atoms with Crippen LogP contribution >= 0.6 is 0 Å². The van der Waals surface area contributed by atoms with Gasteiger partial charge in [0.2, 0.25) is 0 Å². The average Bonchev–Trinajstić information content (AvgIpc) is 3.06. The molecule has 0 aromatic carbocycles. The van der Waals surface area contributed by atoms with E-state index in [0.29, 0.717) is 11.7 Å². The van der Waals surface area contributed by atoms with Gasteiger partial charge in [-0.2, -0.15) is 10.2 Å². The monoisotopic (exact) mass is 314 g/mol. The van der Waals surface area contributed by atoms with Crippen LogP contribution in [0.4, 0.5) is 5.82 Å². The van der Waals surface area contributed by atoms with Gasteiger partial charge >= 0.3 is 0 Å². The quantitative estimate of drug-likeness (QED) is 0.934. The molecule has 0 bridgehead atoms. The van der Waals surface area contributed by atoms with Gasteiger partial charge in [-0.05, 0) is 44.9 Å². The zero-order valence-electron chi connectivity index (χ0n) is 13.5. The lowest BCUT2D eigenvalue weighted by molar-refractivity contribution is 0.0703. The molecule has 1 aliphatic heterocycles. The van der Waals surface area contributed by atoms with Crippen LogP contribution in [0.5, 0.6) is 0 Å². The van der Waals surface area contributed by atoms with Gasteiger partial charge in [-0.15, -0.1) is 5.10 Å². The zero-order valence-corrected chi connectivity index (χ0v) is 13.5. The molecular formula is C16H22N6O. The second-order valence-corrected chi connectivity index (χ2v) is 6.07. The molecule has 2 aromatic rings. The number of carbonyl (C=O) groups excluding carboxylic acids is 1. The first kappa shape index (κ1) is 15.5. The van der Waals surface area contributed by atoms with Crippen LogP contribution in [0.1, 0.15) is 43.2 Å². The van der Waals surface area contributed by atoms with E-state index in [2.05, 4.69) is 20.6 Å². The van der Waals surface area contributed by atoms with Crippen molar-refractivity contribution >= 4 is 11.7 Å². The Morgan fingerprint density at radius 1 is 1.26 bits per heavy atom. The Labute approximate surface area is 135 Å². The number of rotatable bonds is 4. The highest BCUT2D eigenvalue weighted by Gasteiger charge is 2.26. The van der Waals surface area contributed by atoms with Crippen LogP contribution in [-0.4, -0.2) is 49.9 Å². The summed E-state index contributed by atoms with van der Waals surface area (Å²) < 4.78 is 1.78. The molecule has 7 heteroatoms. The predicted molar refractivity (Wildman–Crippen MR) is 87.2 cm³/mol. The topological polar surface area (TPSA) is 75.9 Å². The fourth-order valence-electron chi connectivity index (χ4n) is 2.87. The lowest BCUT2D eigenvalue weighted by atomic mass is 10.0. The van der Waals surface area contributed by atoms with Crippen LogP contribution in [0.2, 0.25) is 0 Å². The number of carbonyl (C=O) groups is 1. The Bertz CT molecular complexity index is 646. The van der Waals surface area contributed by atoms with Crippen molar-refractivity contribution < 1.29 is 4.79 Å². The largest absolute Gasteiger partial charge is 0.366 e. The molecule has 3 heterocycles. The number of amides is 1. The maximum absolute atomic E-state index is 12.7. The van der Waals surface area contributed by atoms with E-state index in [1.807, 2.05) is 30.9 Å². The molecule has 23 heavy (non-hydrogen) atoms. The van der Waals surface area contributed by atoms with Crippen LogP contribution < -0.4 is 5.32 Å². The SMILES string of the molecule is CC(C)n1nccc1C(=O)N1CCC(Nc2cccnn2)CC1. The van der Waals surface area contributed by atoms with Crippen molar-refractivity contribution in [2.75, 3.05) is 18.4 Å². The molecule has 122 valence electrons. The second kappa shape index (κ2) is 6.76. The van der Waals surface area contributed by atoms with E-state index < -0.39 is 0 Å². The van der Waals surface area contributed by atoms with Crippen LogP contribution in [0, 0.1) is 0 Å². The van der Waals surface area contributed by atoms with Gasteiger partial charge in [0, 0.05) is 37.6 Å². The van der Waals surface area contributed by atoms with Crippen LogP contribution in [0.15, 0.2) is 30.6 Å². The second-order valence-electron chi connectivity index (χ2n) is 6.07. The third kappa shape index (κ3) is 3.49. The molecule has 2 aromatic heterocycles. The van der Waals surface area contributed by atoms with Crippen molar-refractivity contribution in [3.63, 3.8) is 0 Å². The molecule has 0 atom stereocenters. The molecule has 3 rings (SSSR count). The van der Waals surface area contributed by atoms with Crippen LogP contribution in [-0.2, 0) is 0 Å². The summed E-state index contributed by atoms with van der Waals surface area (Å²) in [6.45, 7) is 5.53. The molecule has 1 N–H and O–H groups in total. The predicted octanol–water partition coefficient (Wildman–Crippen LogP) is 1.97. The van der Waals surface area contributed by atoms with Gasteiger partial charge in [0.05, 0.1) is 0 Å². The zero-order chi connectivity index (χ0) is 16.2. The van der Waals surface area contributed by atoms with E-state index in [4.69, 9.17) is 0 Å². The summed E-state index contributed by atoms with van der Waals surface area (Å²) in [5, 5.41) is 15.5. The van der Waals surface area contributed by atoms with Crippen molar-refractivity contribution in [2.45, 2.75) is 38.8 Å². The maximum Gasteiger partial charge on any atom is 0.272 e. The van der Waals surface area contributed by atoms with Gasteiger partial charge in [0.1, 0.15) is 11.5 Å². The minimum atomic E-state index is 0.0640. The Kier molecular flexibility index (Phi) is 4.55. The van der Waals surface area contributed by atoms with E-state index in [-0.39, 0.29) is 11.9 Å². The summed E-state index contributed by atoms with van der Waals surface area (Å²) in [5.41, 5.74) is 0.667. The number of nitrogens with zero attached hydrogens (tertiary/aromatic N) is 5. The van der Waals surface area contributed by atoms with E-state index in [0.717, 1.165) is 31.7 Å². The summed E-state index contributed by atoms with van der Waals surface area (Å²) >= 11 is 0. The number of anilines is 1. The maximum atomic E-state index is 12.7. The number of nitrogens with one attached hydrogen (secondary N) is 1. The summed E-state index contributed by atoms with van der Waals surface area (Å²) in [4.78, 5) is 14.6. The molecule has 0 saturated carbocycles. The summed E-state index contributed by atoms with van der Waals surface area (Å²) in [5.74, 6) is 0.851. The highest BCUT2D eigenvalue weighted by molar-refractivity contribution is 5.92. The third-order valence-corrected chi connectivity index (χ3v) is 4.09. The van der Waals surface area contributed by atoms with Gasteiger partial charge < -0.3 is 10.2 Å². The molecule has 0 unspecified atom stereocenters. The third-order valence-electron chi connectivity index (χ3n) is 4.09. The van der Waals surface area contributed by atoms with Crippen molar-refractivity contribution in [3.05, 3.63) is 36.3 Å². The molecule has 0 spiro atoms. The van der Waals surface area contributed by atoms with Gasteiger partial charge in [-0.1, -0.05) is 0 Å². The number of piperidine rings is 1. The summed E-state index contributed by atoms with van der Waals surface area (Å²) in [6.07, 6.45) is 5.15. The molecule has 1 amide bonds. The lowest BCUT2D eigenvalue weighted by Crippen LogP contribution is -2.43. The van der Waals surface area contributed by atoms with Gasteiger partial charge in [0.15, 0.2) is 0 Å². The number of aromatic nitrogens is 4. The smallest absolute Gasteiger partial charge is 0.272 e. The van der Waals surface area contributed by atoms with Crippen molar-refractivity contribution in [1.29, 1.82) is 0 Å². The van der Waals surface area contributed by atoms with E-state index in [1.54, 1.807) is 23.1 Å². The average molecular weight is 314 g/mol. The Morgan fingerprint density at radius 2 is 2.04 bits per heavy atom. The van der Waals surface area contributed by atoms with Gasteiger partial charge in [-0.3, -0.25) is 9.48 Å². The Morgan fingerprint density at radius 3 is 2.70 bits per heavy atom. The van der Waals surface area contributed by atoms with Gasteiger partial charge in [0.25, 0.3) is 5.91 Å². The minimum absolute atomic E-state index is 0.0640. The first-order valence-electron chi connectivity index (χ1n) is 8.02. The van der Waals surface area contributed by atoms with E-state index in [1.165, 1.54) is 0 Å². The number of likely N-dealkylation sites (tertiary alicyclic amines) is 1. The first-order valence-corrected chi connectivity index (χ1v) is 8.02. The number of hydrogen-bond donors (Lipinski definition) is 1. The summed E-state index contributed by atoms with van der Waals surface area (Å²) in [7, 11) is 0. The van der Waals surface area contributed by atoms with Crippen molar-refractivity contribution in [2.24, 2.45) is 0 Å². The standard InChI is InChI=1S/C16H22N6O/c1-12(2)22-14(5-9-18-22)16(23)21-10-6-13(7-11-21)19-15-4-3-8-17-20-15/h3-5,8-9,12-13H,6-7,10-11H2,1-2H3,(H,19,20). The molecule has 0 aliphatic carbocycles. The lowest BCUT2D eigenvalue weighted by Gasteiger charge is -2.32. The normalized spacial score (nSPS) is 15.9. The Hall–Kier alpha value is -2.44. The molecule has 1 fully saturated rings. The van der Waals surface area contributed by atoms with Gasteiger partial charge in [-0.25, -0.2) is 0 Å². The van der Waals surface area contributed by atoms with E-state index >= 15 is 0 Å². The molecule has 1 saturated heterocycles. The highest BCUT2D eigenvalue weighted by Crippen LogP contribution is 2.18. The van der Waals surface area contributed by atoms with Crippen LogP contribution in [0.3, 0.4) is 0 Å². The molecule has 7 nitrogen and oxygen atoms in total. The molecule has 1 aliphatic rings. The first-order chi connectivity index (χ1) is 11.1. The highest BCUT2D eigenvalue weighted by atomic mass is 16.2. The molecule has 0 radical (unpaired) electrons. The van der Waals surface area contributed by atoms with Crippen molar-refractivity contribution in [1.82, 2.24) is 24.9 Å². The van der Waals surface area contributed by atoms with Crippen LogP contribution in [0.25, 0.3) is 0 Å². The summed E-state index contributed by atoms with van der Waals surface area (Å²) in [6, 6.07) is 6.07. The molecular weight excluding hydrogens is 292 g/mol. The van der Waals surface area contributed by atoms with E-state index in [9.17, 15) is 4.79 Å². The minimum Gasteiger partial charge on any atom is -0.366 e. The fourth-order valence-corrected chi connectivity index (χ4v) is 2.87.